The van der Waals surface area contributed by atoms with Gasteiger partial charge in [-0.05, 0) is 46.5 Å². The van der Waals surface area contributed by atoms with Crippen LogP contribution in [0.1, 0.15) is 11.3 Å². The Labute approximate surface area is 120 Å². The second-order valence-corrected chi connectivity index (χ2v) is 5.32. The number of ether oxygens (including phenoxy) is 2. The highest BCUT2D eigenvalue weighted by Crippen LogP contribution is 2.31. The number of halogens is 1. The molecule has 1 aliphatic heterocycles. The van der Waals surface area contributed by atoms with Gasteiger partial charge in [-0.1, -0.05) is 6.07 Å². The molecule has 100 valence electrons. The quantitative estimate of drug-likeness (QED) is 0.871. The van der Waals surface area contributed by atoms with Crippen molar-refractivity contribution in [2.24, 2.45) is 7.05 Å². The Kier molecular flexibility index (Phi) is 3.46. The van der Waals surface area contributed by atoms with Crippen LogP contribution >= 0.6 is 15.9 Å². The van der Waals surface area contributed by atoms with Crippen LogP contribution in [0.2, 0.25) is 0 Å². The van der Waals surface area contributed by atoms with Crippen molar-refractivity contribution in [3.63, 3.8) is 0 Å². The van der Waals surface area contributed by atoms with E-state index in [1.54, 1.807) is 0 Å². The molecular weight excluding hydrogens is 308 g/mol. The summed E-state index contributed by atoms with van der Waals surface area (Å²) in [7, 11) is 2.01. The van der Waals surface area contributed by atoms with E-state index >= 15 is 0 Å². The summed E-state index contributed by atoms with van der Waals surface area (Å²) in [5.41, 5.74) is 2.45. The van der Waals surface area contributed by atoms with Crippen LogP contribution in [0.4, 0.5) is 0 Å². The average molecular weight is 323 g/mol. The van der Waals surface area contributed by atoms with Gasteiger partial charge in [0.05, 0.1) is 12.0 Å². The monoisotopic (exact) mass is 322 g/mol. The lowest BCUT2D eigenvalue weighted by Gasteiger charge is -2.18. The second-order valence-electron chi connectivity index (χ2n) is 4.57. The fourth-order valence-corrected chi connectivity index (χ4v) is 2.78. The van der Waals surface area contributed by atoms with Crippen molar-refractivity contribution in [3.8, 4) is 11.5 Å². The van der Waals surface area contributed by atoms with Crippen LogP contribution in [0.15, 0.2) is 29.1 Å². The molecule has 0 fully saturated rings. The highest BCUT2D eigenvalue weighted by Gasteiger charge is 2.12. The van der Waals surface area contributed by atoms with Gasteiger partial charge in [0.2, 0.25) is 0 Å². The molecule has 2 heterocycles. The Bertz CT molecular complexity index is 576. The van der Waals surface area contributed by atoms with Crippen molar-refractivity contribution in [3.05, 3.63) is 40.4 Å². The summed E-state index contributed by atoms with van der Waals surface area (Å²) < 4.78 is 14.1. The minimum absolute atomic E-state index is 0.629. The van der Waals surface area contributed by atoms with Crippen LogP contribution in [0.5, 0.6) is 11.5 Å². The number of hydrogen-bond donors (Lipinski definition) is 0. The van der Waals surface area contributed by atoms with Gasteiger partial charge in [0.25, 0.3) is 0 Å². The fraction of sp³-hybridized carbons (Fsp3) is 0.357. The molecule has 0 unspecified atom stereocenters. The Hall–Kier alpha value is -1.49. The normalized spacial score (nSPS) is 13.6. The van der Waals surface area contributed by atoms with E-state index in [4.69, 9.17) is 9.47 Å². The summed E-state index contributed by atoms with van der Waals surface area (Å²) in [5.74, 6) is 1.70. The number of fused-ring (bicyclic) bond motifs is 1. The molecule has 0 radical (unpaired) electrons. The summed E-state index contributed by atoms with van der Waals surface area (Å²) >= 11 is 3.47. The Morgan fingerprint density at radius 2 is 2.00 bits per heavy atom. The topological polar surface area (TPSA) is 36.3 Å². The first kappa shape index (κ1) is 12.5. The molecule has 0 spiro atoms. The van der Waals surface area contributed by atoms with Gasteiger partial charge in [-0.2, -0.15) is 0 Å². The third-order valence-electron chi connectivity index (χ3n) is 3.27. The molecular formula is C14H15BrN2O2. The third kappa shape index (κ3) is 2.61. The minimum atomic E-state index is 0.629. The van der Waals surface area contributed by atoms with Gasteiger partial charge in [-0.25, -0.2) is 4.98 Å². The van der Waals surface area contributed by atoms with Gasteiger partial charge in [0, 0.05) is 7.05 Å². The second kappa shape index (κ2) is 5.25. The predicted octanol–water partition coefficient (Wildman–Crippen LogP) is 2.74. The van der Waals surface area contributed by atoms with Gasteiger partial charge in [-0.3, -0.25) is 0 Å². The van der Waals surface area contributed by atoms with Crippen molar-refractivity contribution >= 4 is 15.9 Å². The first-order valence-electron chi connectivity index (χ1n) is 6.28. The Morgan fingerprint density at radius 1 is 1.21 bits per heavy atom. The first-order chi connectivity index (χ1) is 9.24. The maximum atomic E-state index is 5.60. The van der Waals surface area contributed by atoms with Crippen molar-refractivity contribution in [2.75, 3.05) is 13.2 Å². The van der Waals surface area contributed by atoms with Crippen LogP contribution in [0, 0.1) is 0 Å². The first-order valence-corrected chi connectivity index (χ1v) is 7.07. The Balaban J connectivity index is 1.74. The summed E-state index contributed by atoms with van der Waals surface area (Å²) in [5, 5.41) is 0. The lowest BCUT2D eigenvalue weighted by Crippen LogP contribution is -2.15. The van der Waals surface area contributed by atoms with Crippen LogP contribution in [-0.2, 0) is 19.9 Å². The molecule has 4 nitrogen and oxygen atoms in total. The number of nitrogens with zero attached hydrogens (tertiary/aromatic N) is 2. The van der Waals surface area contributed by atoms with Gasteiger partial charge < -0.3 is 14.0 Å². The van der Waals surface area contributed by atoms with E-state index in [9.17, 15) is 0 Å². The van der Waals surface area contributed by atoms with Crippen LogP contribution < -0.4 is 9.47 Å². The van der Waals surface area contributed by atoms with Crippen molar-refractivity contribution in [1.82, 2.24) is 9.55 Å². The van der Waals surface area contributed by atoms with Crippen LogP contribution in [0.25, 0.3) is 0 Å². The fourth-order valence-electron chi connectivity index (χ4n) is 2.21. The zero-order valence-corrected chi connectivity index (χ0v) is 12.3. The Morgan fingerprint density at radius 3 is 2.74 bits per heavy atom. The van der Waals surface area contributed by atoms with Crippen molar-refractivity contribution < 1.29 is 9.47 Å². The van der Waals surface area contributed by atoms with Crippen LogP contribution in [0.3, 0.4) is 0 Å². The molecule has 3 rings (SSSR count). The van der Waals surface area contributed by atoms with E-state index in [1.807, 2.05) is 24.0 Å². The molecule has 0 saturated carbocycles. The SMILES string of the molecule is Cn1cnc(Br)c1CCc1ccc2c(c1)OCCO2. The smallest absolute Gasteiger partial charge is 0.161 e. The van der Waals surface area contributed by atoms with Gasteiger partial charge in [-0.15, -0.1) is 0 Å². The maximum absolute atomic E-state index is 5.60. The molecule has 0 amide bonds. The minimum Gasteiger partial charge on any atom is -0.486 e. The highest BCUT2D eigenvalue weighted by molar-refractivity contribution is 9.10. The van der Waals surface area contributed by atoms with Gasteiger partial charge >= 0.3 is 0 Å². The largest absolute Gasteiger partial charge is 0.486 e. The van der Waals surface area contributed by atoms with Crippen molar-refractivity contribution in [2.45, 2.75) is 12.8 Å². The molecule has 0 bridgehead atoms. The van der Waals surface area contributed by atoms with E-state index in [0.29, 0.717) is 13.2 Å². The average Bonchev–Trinajstić information content (AvgIpc) is 2.76. The molecule has 1 aromatic heterocycles. The van der Waals surface area contributed by atoms with Gasteiger partial charge in [0.15, 0.2) is 11.5 Å². The van der Waals surface area contributed by atoms with Crippen LogP contribution in [-0.4, -0.2) is 22.8 Å². The zero-order chi connectivity index (χ0) is 13.2. The molecule has 0 N–H and O–H groups in total. The number of rotatable bonds is 3. The lowest BCUT2D eigenvalue weighted by molar-refractivity contribution is 0.171. The molecule has 0 aliphatic carbocycles. The van der Waals surface area contributed by atoms with Crippen molar-refractivity contribution in [1.29, 1.82) is 0 Å². The summed E-state index contributed by atoms with van der Waals surface area (Å²) in [6.07, 6.45) is 3.72. The third-order valence-corrected chi connectivity index (χ3v) is 3.93. The lowest BCUT2D eigenvalue weighted by atomic mass is 10.1. The van der Waals surface area contributed by atoms with E-state index in [-0.39, 0.29) is 0 Å². The number of aryl methyl sites for hydroxylation is 2. The standard InChI is InChI=1S/C14H15BrN2O2/c1-17-9-16-14(15)11(17)4-2-10-3-5-12-13(8-10)19-7-6-18-12/h3,5,8-9H,2,4,6-7H2,1H3. The number of hydrogen-bond acceptors (Lipinski definition) is 3. The maximum Gasteiger partial charge on any atom is 0.161 e. The molecule has 19 heavy (non-hydrogen) atoms. The molecule has 2 aromatic rings. The summed E-state index contributed by atoms with van der Waals surface area (Å²) in [6, 6.07) is 6.15. The number of aromatic nitrogens is 2. The molecule has 0 saturated heterocycles. The van der Waals surface area contributed by atoms with Gasteiger partial charge in [0.1, 0.15) is 17.8 Å². The number of benzene rings is 1. The predicted molar refractivity (Wildman–Crippen MR) is 75.7 cm³/mol. The van der Waals surface area contributed by atoms with E-state index in [1.165, 1.54) is 11.3 Å². The molecule has 0 atom stereocenters. The summed E-state index contributed by atoms with van der Waals surface area (Å²) in [6.45, 7) is 1.26. The van der Waals surface area contributed by atoms with E-state index in [0.717, 1.165) is 28.9 Å². The highest BCUT2D eigenvalue weighted by atomic mass is 79.9. The summed E-state index contributed by atoms with van der Waals surface area (Å²) in [4.78, 5) is 4.23. The molecule has 5 heteroatoms. The zero-order valence-electron chi connectivity index (χ0n) is 10.7. The van der Waals surface area contributed by atoms with E-state index < -0.39 is 0 Å². The molecule has 1 aromatic carbocycles. The van der Waals surface area contributed by atoms with E-state index in [2.05, 4.69) is 33.0 Å². The molecule has 1 aliphatic rings. The number of imidazole rings is 1.